The maximum atomic E-state index is 9.19. The Kier molecular flexibility index (Phi) is 4.52. The van der Waals surface area contributed by atoms with Crippen molar-refractivity contribution in [1.29, 1.82) is 5.26 Å². The summed E-state index contributed by atoms with van der Waals surface area (Å²) < 4.78 is 5.28. The fourth-order valence-corrected chi connectivity index (χ4v) is 1.96. The van der Waals surface area contributed by atoms with Gasteiger partial charge in [0.2, 0.25) is 0 Å². The van der Waals surface area contributed by atoms with Crippen molar-refractivity contribution in [3.63, 3.8) is 0 Å². The van der Waals surface area contributed by atoms with Gasteiger partial charge >= 0.3 is 0 Å². The molecule has 0 saturated carbocycles. The molecular weight excluding hydrogens is 190 g/mol. The normalized spacial score (nSPS) is 22.3. The van der Waals surface area contributed by atoms with E-state index in [1.165, 1.54) is 0 Å². The van der Waals surface area contributed by atoms with Gasteiger partial charge in [-0.2, -0.15) is 5.26 Å². The van der Waals surface area contributed by atoms with Gasteiger partial charge in [0, 0.05) is 25.7 Å². The minimum atomic E-state index is -0.453. The lowest BCUT2D eigenvalue weighted by atomic mass is 10.0. The Bertz CT molecular complexity index is 230. The van der Waals surface area contributed by atoms with Crippen LogP contribution in [-0.4, -0.2) is 49.3 Å². The highest BCUT2D eigenvalue weighted by Gasteiger charge is 2.28. The van der Waals surface area contributed by atoms with Crippen molar-refractivity contribution in [2.24, 2.45) is 0 Å². The Hall–Kier alpha value is -0.630. The van der Waals surface area contributed by atoms with Crippen LogP contribution >= 0.6 is 0 Å². The van der Waals surface area contributed by atoms with Gasteiger partial charge in [0.25, 0.3) is 0 Å². The van der Waals surface area contributed by atoms with Crippen LogP contribution in [0.1, 0.15) is 20.8 Å². The second-order valence-electron chi connectivity index (χ2n) is 4.63. The van der Waals surface area contributed by atoms with Gasteiger partial charge in [-0.25, -0.2) is 0 Å². The molecule has 0 aliphatic carbocycles. The Morgan fingerprint density at radius 2 is 2.07 bits per heavy atom. The second-order valence-corrected chi connectivity index (χ2v) is 4.63. The molecule has 1 unspecified atom stereocenters. The zero-order valence-electron chi connectivity index (χ0n) is 9.92. The Balaban J connectivity index is 2.47. The SMILES string of the molecule is CC(C)NC(C)(C#N)CN1CCOCC1. The number of hydrogen-bond acceptors (Lipinski definition) is 4. The molecule has 1 saturated heterocycles. The fraction of sp³-hybridized carbons (Fsp3) is 0.909. The summed E-state index contributed by atoms with van der Waals surface area (Å²) in [5.41, 5.74) is -0.453. The number of hydrogen-bond donors (Lipinski definition) is 1. The summed E-state index contributed by atoms with van der Waals surface area (Å²) in [5, 5.41) is 12.5. The lowest BCUT2D eigenvalue weighted by Gasteiger charge is -2.34. The van der Waals surface area contributed by atoms with E-state index in [0.717, 1.165) is 32.8 Å². The maximum Gasteiger partial charge on any atom is 0.116 e. The smallest absolute Gasteiger partial charge is 0.116 e. The van der Waals surface area contributed by atoms with Crippen LogP contribution in [0.3, 0.4) is 0 Å². The molecule has 1 rings (SSSR count). The number of morpholine rings is 1. The highest BCUT2D eigenvalue weighted by molar-refractivity contribution is 5.06. The van der Waals surface area contributed by atoms with Crippen molar-refractivity contribution in [2.75, 3.05) is 32.8 Å². The van der Waals surface area contributed by atoms with Crippen molar-refractivity contribution >= 4 is 0 Å². The molecular formula is C11H21N3O. The molecule has 1 heterocycles. The van der Waals surface area contributed by atoms with E-state index < -0.39 is 5.54 Å². The lowest BCUT2D eigenvalue weighted by Crippen LogP contribution is -2.54. The molecule has 15 heavy (non-hydrogen) atoms. The predicted molar refractivity (Wildman–Crippen MR) is 59.5 cm³/mol. The second kappa shape index (κ2) is 5.45. The minimum absolute atomic E-state index is 0.329. The van der Waals surface area contributed by atoms with E-state index in [4.69, 9.17) is 4.74 Å². The standard InChI is InChI=1S/C11H21N3O/c1-10(2)13-11(3,8-12)9-14-4-6-15-7-5-14/h10,13H,4-7,9H2,1-3H3. The number of nitriles is 1. The predicted octanol–water partition coefficient (Wildman–Crippen LogP) is 0.599. The molecule has 0 aromatic rings. The van der Waals surface area contributed by atoms with E-state index in [-0.39, 0.29) is 0 Å². The van der Waals surface area contributed by atoms with Crippen LogP contribution in [0.5, 0.6) is 0 Å². The third-order valence-corrected chi connectivity index (χ3v) is 2.50. The van der Waals surface area contributed by atoms with Gasteiger partial charge in [-0.1, -0.05) is 0 Å². The summed E-state index contributed by atoms with van der Waals surface area (Å²) in [7, 11) is 0. The number of ether oxygens (including phenoxy) is 1. The summed E-state index contributed by atoms with van der Waals surface area (Å²) in [6, 6.07) is 2.69. The number of nitrogens with one attached hydrogen (secondary N) is 1. The highest BCUT2D eigenvalue weighted by Crippen LogP contribution is 2.08. The molecule has 4 heteroatoms. The van der Waals surface area contributed by atoms with Gasteiger partial charge in [-0.15, -0.1) is 0 Å². The first-order chi connectivity index (χ1) is 7.06. The van der Waals surface area contributed by atoms with Crippen molar-refractivity contribution in [3.05, 3.63) is 0 Å². The van der Waals surface area contributed by atoms with Gasteiger partial charge in [-0.3, -0.25) is 10.2 Å². The molecule has 0 spiro atoms. The molecule has 1 atom stereocenters. The zero-order valence-corrected chi connectivity index (χ0v) is 9.92. The van der Waals surface area contributed by atoms with E-state index in [1.54, 1.807) is 0 Å². The molecule has 0 amide bonds. The van der Waals surface area contributed by atoms with E-state index in [0.29, 0.717) is 6.04 Å². The molecule has 1 N–H and O–H groups in total. The van der Waals surface area contributed by atoms with Gasteiger partial charge in [0.1, 0.15) is 5.54 Å². The Morgan fingerprint density at radius 1 is 1.47 bits per heavy atom. The molecule has 0 aromatic heterocycles. The maximum absolute atomic E-state index is 9.19. The average molecular weight is 211 g/mol. The topological polar surface area (TPSA) is 48.3 Å². The van der Waals surface area contributed by atoms with Crippen molar-refractivity contribution in [2.45, 2.75) is 32.4 Å². The monoisotopic (exact) mass is 211 g/mol. The van der Waals surface area contributed by atoms with Gasteiger partial charge in [0.05, 0.1) is 19.3 Å². The fourth-order valence-electron chi connectivity index (χ4n) is 1.96. The summed E-state index contributed by atoms with van der Waals surface area (Å²) in [4.78, 5) is 2.28. The molecule has 0 bridgehead atoms. The molecule has 0 radical (unpaired) electrons. The van der Waals surface area contributed by atoms with E-state index >= 15 is 0 Å². The molecule has 86 valence electrons. The Morgan fingerprint density at radius 3 is 2.53 bits per heavy atom. The molecule has 0 aromatic carbocycles. The van der Waals surface area contributed by atoms with Crippen molar-refractivity contribution in [1.82, 2.24) is 10.2 Å². The summed E-state index contributed by atoms with van der Waals surface area (Å²) in [5.74, 6) is 0. The van der Waals surface area contributed by atoms with Crippen LogP contribution in [0.2, 0.25) is 0 Å². The highest BCUT2D eigenvalue weighted by atomic mass is 16.5. The van der Waals surface area contributed by atoms with E-state index in [2.05, 4.69) is 30.1 Å². The molecule has 1 aliphatic rings. The lowest BCUT2D eigenvalue weighted by molar-refractivity contribution is 0.0295. The molecule has 4 nitrogen and oxygen atoms in total. The first-order valence-corrected chi connectivity index (χ1v) is 5.55. The summed E-state index contributed by atoms with van der Waals surface area (Å²) in [6.07, 6.45) is 0. The third kappa shape index (κ3) is 4.17. The quantitative estimate of drug-likeness (QED) is 0.739. The van der Waals surface area contributed by atoms with Crippen molar-refractivity contribution in [3.8, 4) is 6.07 Å². The molecule has 1 fully saturated rings. The largest absolute Gasteiger partial charge is 0.379 e. The summed E-state index contributed by atoms with van der Waals surface area (Å²) >= 11 is 0. The van der Waals surface area contributed by atoms with Crippen LogP contribution < -0.4 is 5.32 Å². The first kappa shape index (κ1) is 12.4. The zero-order chi connectivity index (χ0) is 11.3. The van der Waals surface area contributed by atoms with Gasteiger partial charge < -0.3 is 4.74 Å². The minimum Gasteiger partial charge on any atom is -0.379 e. The van der Waals surface area contributed by atoms with Crippen molar-refractivity contribution < 1.29 is 4.74 Å². The van der Waals surface area contributed by atoms with Gasteiger partial charge in [-0.05, 0) is 20.8 Å². The summed E-state index contributed by atoms with van der Waals surface area (Å²) in [6.45, 7) is 10.3. The Labute approximate surface area is 92.2 Å². The number of rotatable bonds is 4. The van der Waals surface area contributed by atoms with Crippen LogP contribution in [0, 0.1) is 11.3 Å². The van der Waals surface area contributed by atoms with E-state index in [9.17, 15) is 5.26 Å². The average Bonchev–Trinajstić information content (AvgIpc) is 2.18. The van der Waals surface area contributed by atoms with Crippen LogP contribution in [0.25, 0.3) is 0 Å². The van der Waals surface area contributed by atoms with Crippen LogP contribution in [0.15, 0.2) is 0 Å². The van der Waals surface area contributed by atoms with Crippen LogP contribution in [-0.2, 0) is 4.74 Å². The van der Waals surface area contributed by atoms with Crippen LogP contribution in [0.4, 0.5) is 0 Å². The van der Waals surface area contributed by atoms with E-state index in [1.807, 2.05) is 6.92 Å². The number of nitrogens with zero attached hydrogens (tertiary/aromatic N) is 2. The first-order valence-electron chi connectivity index (χ1n) is 5.55. The third-order valence-electron chi connectivity index (χ3n) is 2.50. The molecule has 1 aliphatic heterocycles. The van der Waals surface area contributed by atoms with Gasteiger partial charge in [0.15, 0.2) is 0 Å².